The van der Waals surface area contributed by atoms with Crippen molar-refractivity contribution in [3.05, 3.63) is 182 Å². The van der Waals surface area contributed by atoms with Gasteiger partial charge in [-0.15, -0.1) is 0 Å². The van der Waals surface area contributed by atoms with Gasteiger partial charge in [0, 0.05) is 12.8 Å². The summed E-state index contributed by atoms with van der Waals surface area (Å²) in [6.45, 7) is 4.52. The first-order chi connectivity index (χ1) is 47.6. The average Bonchev–Trinajstić information content (AvgIpc) is 3.27. The first kappa shape index (κ1) is 91.4. The van der Waals surface area contributed by atoms with Crippen molar-refractivity contribution in [3.8, 4) is 0 Å². The van der Waals surface area contributed by atoms with Crippen molar-refractivity contribution in [2.75, 3.05) is 47.5 Å². The van der Waals surface area contributed by atoms with Crippen molar-refractivity contribution in [2.45, 2.75) is 309 Å². The lowest BCUT2D eigenvalue weighted by Gasteiger charge is -2.26. The number of unbranched alkanes of at least 4 members (excludes halogenated alkanes) is 25. The van der Waals surface area contributed by atoms with Crippen LogP contribution in [0.1, 0.15) is 296 Å². The summed E-state index contributed by atoms with van der Waals surface area (Å²) < 4.78 is 22.8. The standard InChI is InChI=1S/C88H143NO8/c1-6-8-10-12-14-16-18-20-22-24-26-28-30-32-34-36-38-39-40-41-42-43-44-45-46-47-49-51-53-55-57-59-61-63-65-67-69-71-73-75-77-79-86(91)97-84(83-96-88(87(92)93)94-81-80-89(3,4)5)82-95-85(90)78-76-74-72-70-68-66-64-62-60-58-56-54-52-50-48-37-35-33-31-29-27-25-23-21-19-17-15-13-11-9-7-2/h8-11,14-17,20-23,26-29,32-35,38-39,41-42,44-45,47-50,84,88H,6-7,12-13,18-19,24-25,30-31,36-37,40,43,46,51-83H2,1-5H3/b10-8-,11-9-,16-14-,17-15-,22-20-,23-21-,28-26-,29-27-,34-32-,35-33-,39-38-,42-41-,45-44-,49-47-,50-48-. The second-order valence-corrected chi connectivity index (χ2v) is 26.5. The maximum atomic E-state index is 13.0. The number of ether oxygens (including phenoxy) is 4. The second kappa shape index (κ2) is 76.1. The molecular formula is C88H143NO8. The van der Waals surface area contributed by atoms with Gasteiger partial charge in [-0.3, -0.25) is 9.59 Å². The monoisotopic (exact) mass is 1340 g/mol. The molecule has 0 aromatic rings. The minimum atomic E-state index is -1.63. The lowest BCUT2D eigenvalue weighted by molar-refractivity contribution is -0.870. The molecule has 2 unspecified atom stereocenters. The molecule has 0 heterocycles. The van der Waals surface area contributed by atoms with E-state index in [2.05, 4.69) is 196 Å². The van der Waals surface area contributed by atoms with Gasteiger partial charge in [0.1, 0.15) is 13.2 Å². The van der Waals surface area contributed by atoms with Crippen molar-refractivity contribution in [2.24, 2.45) is 0 Å². The van der Waals surface area contributed by atoms with E-state index in [4.69, 9.17) is 18.9 Å². The summed E-state index contributed by atoms with van der Waals surface area (Å²) in [6, 6.07) is 0. The number of hydrogen-bond acceptors (Lipinski definition) is 8. The van der Waals surface area contributed by atoms with Crippen LogP contribution in [-0.4, -0.2) is 82.3 Å². The number of carboxylic acids is 1. The van der Waals surface area contributed by atoms with Crippen LogP contribution in [-0.2, 0) is 33.3 Å². The zero-order valence-electron chi connectivity index (χ0n) is 62.6. The average molecular weight is 1340 g/mol. The third-order valence-electron chi connectivity index (χ3n) is 16.1. The van der Waals surface area contributed by atoms with E-state index < -0.39 is 24.3 Å². The largest absolute Gasteiger partial charge is 0.545 e. The van der Waals surface area contributed by atoms with Crippen molar-refractivity contribution in [1.29, 1.82) is 0 Å². The maximum absolute atomic E-state index is 13.0. The summed E-state index contributed by atoms with van der Waals surface area (Å²) in [5.74, 6) is -2.29. The molecule has 0 aromatic carbocycles. The Kier molecular flexibility index (Phi) is 71.7. The van der Waals surface area contributed by atoms with Crippen molar-refractivity contribution in [1.82, 2.24) is 0 Å². The Labute approximate surface area is 596 Å². The van der Waals surface area contributed by atoms with Crippen molar-refractivity contribution >= 4 is 17.9 Å². The molecular weight excluding hydrogens is 1200 g/mol. The van der Waals surface area contributed by atoms with Gasteiger partial charge in [-0.25, -0.2) is 0 Å². The maximum Gasteiger partial charge on any atom is 0.306 e. The molecule has 9 nitrogen and oxygen atoms in total. The quantitative estimate of drug-likeness (QED) is 0.0195. The van der Waals surface area contributed by atoms with Crippen LogP contribution in [0.15, 0.2) is 182 Å². The molecule has 0 rings (SSSR count). The van der Waals surface area contributed by atoms with Crippen LogP contribution < -0.4 is 5.11 Å². The summed E-state index contributed by atoms with van der Waals surface area (Å²) in [5.41, 5.74) is 0. The Morgan fingerprint density at radius 2 is 0.557 bits per heavy atom. The third kappa shape index (κ3) is 77.6. The highest BCUT2D eigenvalue weighted by molar-refractivity contribution is 5.70. The van der Waals surface area contributed by atoms with E-state index >= 15 is 0 Å². The number of carboxylic acid groups (broad SMARTS) is 1. The highest BCUT2D eigenvalue weighted by atomic mass is 16.7. The number of carbonyl (C=O) groups is 3. The summed E-state index contributed by atoms with van der Waals surface area (Å²) in [4.78, 5) is 37.6. The minimum absolute atomic E-state index is 0.140. The van der Waals surface area contributed by atoms with Crippen LogP contribution in [0.3, 0.4) is 0 Å². The van der Waals surface area contributed by atoms with E-state index in [9.17, 15) is 19.5 Å². The van der Waals surface area contributed by atoms with E-state index in [1.165, 1.54) is 128 Å². The molecule has 0 bridgehead atoms. The lowest BCUT2D eigenvalue weighted by atomic mass is 10.0. The van der Waals surface area contributed by atoms with E-state index in [1.54, 1.807) is 0 Å². The van der Waals surface area contributed by atoms with Crippen molar-refractivity contribution < 1.29 is 42.9 Å². The molecule has 548 valence electrons. The van der Waals surface area contributed by atoms with Gasteiger partial charge in [-0.1, -0.05) is 331 Å². The molecule has 0 amide bonds. The number of quaternary nitrogens is 1. The van der Waals surface area contributed by atoms with Crippen LogP contribution in [0.4, 0.5) is 0 Å². The normalized spacial score (nSPS) is 13.7. The molecule has 0 fully saturated rings. The van der Waals surface area contributed by atoms with Crippen LogP contribution >= 0.6 is 0 Å². The van der Waals surface area contributed by atoms with Gasteiger partial charge in [-0.2, -0.15) is 0 Å². The molecule has 0 radical (unpaired) electrons. The summed E-state index contributed by atoms with van der Waals surface area (Å²) in [7, 11) is 5.93. The predicted octanol–water partition coefficient (Wildman–Crippen LogP) is 23.8. The minimum Gasteiger partial charge on any atom is -0.545 e. The Hall–Kier alpha value is -5.61. The predicted molar refractivity (Wildman–Crippen MR) is 416 cm³/mol. The highest BCUT2D eigenvalue weighted by Crippen LogP contribution is 2.17. The fourth-order valence-electron chi connectivity index (χ4n) is 10.3. The molecule has 0 aliphatic rings. The van der Waals surface area contributed by atoms with Crippen LogP contribution in [0.5, 0.6) is 0 Å². The Morgan fingerprint density at radius 1 is 0.309 bits per heavy atom. The highest BCUT2D eigenvalue weighted by Gasteiger charge is 2.22. The number of rotatable bonds is 70. The number of esters is 2. The van der Waals surface area contributed by atoms with E-state index in [1.807, 2.05) is 21.1 Å². The summed E-state index contributed by atoms with van der Waals surface area (Å²) >= 11 is 0. The summed E-state index contributed by atoms with van der Waals surface area (Å²) in [5, 5.41) is 11.9. The number of hydrogen-bond donors (Lipinski definition) is 0. The lowest BCUT2D eigenvalue weighted by Crippen LogP contribution is -2.44. The fourth-order valence-corrected chi connectivity index (χ4v) is 10.3. The zero-order valence-corrected chi connectivity index (χ0v) is 62.6. The van der Waals surface area contributed by atoms with E-state index in [0.29, 0.717) is 17.4 Å². The number of aliphatic carboxylic acids is 1. The molecule has 0 N–H and O–H groups in total. The first-order valence-electron chi connectivity index (χ1n) is 38.9. The van der Waals surface area contributed by atoms with Gasteiger partial charge >= 0.3 is 11.9 Å². The van der Waals surface area contributed by atoms with Crippen LogP contribution in [0.2, 0.25) is 0 Å². The topological polar surface area (TPSA) is 111 Å². The SMILES string of the molecule is CC/C=C\C/C=C\C/C=C\C/C=C\C/C=C\C/C=C\C/C=C\C/C=C\C/C=C\CCCCCCCCCCCCCCCC(=O)OC(COC(=O)CCCCCCCCCCCCCC/C=C\C/C=C\C/C=C\C/C=C\C/C=C\C/C=C\CC)COC(OCC[N+](C)(C)C)C(=O)[O-]. The van der Waals surface area contributed by atoms with Crippen LogP contribution in [0.25, 0.3) is 0 Å². The summed E-state index contributed by atoms with van der Waals surface area (Å²) in [6.07, 6.45) is 113. The zero-order chi connectivity index (χ0) is 70.4. The number of allylic oxidation sites excluding steroid dienone is 30. The third-order valence-corrected chi connectivity index (χ3v) is 16.1. The molecule has 9 heteroatoms. The molecule has 97 heavy (non-hydrogen) atoms. The van der Waals surface area contributed by atoms with Gasteiger partial charge in [0.2, 0.25) is 0 Å². The van der Waals surface area contributed by atoms with E-state index in [0.717, 1.165) is 135 Å². The molecule has 0 aromatic heterocycles. The smallest absolute Gasteiger partial charge is 0.306 e. The Balaban J connectivity index is 4.11. The molecule has 0 spiro atoms. The Bertz CT molecular complexity index is 2260. The molecule has 0 saturated carbocycles. The van der Waals surface area contributed by atoms with Gasteiger partial charge in [-0.05, 0) is 135 Å². The number of nitrogens with zero attached hydrogens (tertiary/aromatic N) is 1. The van der Waals surface area contributed by atoms with Gasteiger partial charge in [0.05, 0.1) is 40.3 Å². The molecule has 0 aliphatic carbocycles. The van der Waals surface area contributed by atoms with Crippen molar-refractivity contribution in [3.63, 3.8) is 0 Å². The van der Waals surface area contributed by atoms with Gasteiger partial charge in [0.25, 0.3) is 0 Å². The van der Waals surface area contributed by atoms with Crippen LogP contribution in [0, 0.1) is 0 Å². The fraction of sp³-hybridized carbons (Fsp3) is 0.625. The number of carbonyl (C=O) groups excluding carboxylic acids is 3. The van der Waals surface area contributed by atoms with E-state index in [-0.39, 0.29) is 38.6 Å². The second-order valence-electron chi connectivity index (χ2n) is 26.5. The molecule has 0 aliphatic heterocycles. The van der Waals surface area contributed by atoms with Gasteiger partial charge in [0.15, 0.2) is 12.4 Å². The Morgan fingerprint density at radius 3 is 0.825 bits per heavy atom. The molecule has 0 saturated heterocycles. The van der Waals surface area contributed by atoms with Gasteiger partial charge < -0.3 is 33.3 Å². The molecule has 2 atom stereocenters. The first-order valence-corrected chi connectivity index (χ1v) is 38.9. The number of likely N-dealkylation sites (N-methyl/N-ethyl adjacent to an activating group) is 1.